The van der Waals surface area contributed by atoms with Crippen LogP contribution in [0.15, 0.2) is 72.8 Å². The Morgan fingerprint density at radius 1 is 0.878 bits per heavy atom. The first kappa shape index (κ1) is 27.9. The summed E-state index contributed by atoms with van der Waals surface area (Å²) in [6.45, 7) is 5.95. The molecule has 4 aromatic rings. The van der Waals surface area contributed by atoms with Crippen LogP contribution < -0.4 is 29.9 Å². The lowest BCUT2D eigenvalue weighted by molar-refractivity contribution is 0.259. The van der Waals surface area contributed by atoms with Crippen LogP contribution in [0.4, 0.5) is 39.2 Å². The molecule has 1 saturated heterocycles. The van der Waals surface area contributed by atoms with E-state index in [4.69, 9.17) is 14.6 Å². The number of hydrogen-bond donors (Lipinski definition) is 2. The highest BCUT2D eigenvalue weighted by Gasteiger charge is 2.24. The Hall–Kier alpha value is -4.70. The van der Waals surface area contributed by atoms with Gasteiger partial charge in [0.2, 0.25) is 0 Å². The number of nitrogens with zero attached hydrogens (tertiary/aromatic N) is 5. The first-order valence-corrected chi connectivity index (χ1v) is 13.6. The van der Waals surface area contributed by atoms with E-state index in [1.807, 2.05) is 74.6 Å². The molecule has 10 heteroatoms. The number of amides is 2. The molecule has 5 rings (SSSR count). The van der Waals surface area contributed by atoms with Crippen LogP contribution in [0.1, 0.15) is 5.56 Å². The molecular formula is C31H37N7O3. The third-order valence-electron chi connectivity index (χ3n) is 7.33. The molecule has 3 aromatic carbocycles. The van der Waals surface area contributed by atoms with E-state index in [1.165, 1.54) is 0 Å². The van der Waals surface area contributed by atoms with Gasteiger partial charge in [0.1, 0.15) is 17.3 Å². The van der Waals surface area contributed by atoms with Crippen LogP contribution in [-0.2, 0) is 7.05 Å². The second-order valence-corrected chi connectivity index (χ2v) is 10.1. The minimum absolute atomic E-state index is 0.307. The maximum Gasteiger partial charge on any atom is 0.332 e. The fourth-order valence-corrected chi connectivity index (χ4v) is 4.83. The number of urea groups is 1. The second-order valence-electron chi connectivity index (χ2n) is 10.1. The van der Waals surface area contributed by atoms with Crippen molar-refractivity contribution in [1.82, 2.24) is 14.7 Å². The van der Waals surface area contributed by atoms with Gasteiger partial charge >= 0.3 is 6.03 Å². The smallest absolute Gasteiger partial charge is 0.332 e. The number of aryl methyl sites for hydroxylation is 2. The van der Waals surface area contributed by atoms with E-state index in [2.05, 4.69) is 39.6 Å². The number of nitrogens with one attached hydrogen (secondary N) is 2. The van der Waals surface area contributed by atoms with Crippen molar-refractivity contribution in [3.05, 3.63) is 78.4 Å². The van der Waals surface area contributed by atoms with E-state index in [1.54, 1.807) is 23.8 Å². The lowest BCUT2D eigenvalue weighted by atomic mass is 10.2. The summed E-state index contributed by atoms with van der Waals surface area (Å²) < 4.78 is 12.6. The van der Waals surface area contributed by atoms with Gasteiger partial charge in [0, 0.05) is 56.7 Å². The molecule has 0 atom stereocenters. The van der Waals surface area contributed by atoms with Crippen LogP contribution in [0.2, 0.25) is 0 Å². The minimum Gasteiger partial charge on any atom is -0.497 e. The van der Waals surface area contributed by atoms with Gasteiger partial charge in [-0.25, -0.2) is 9.69 Å². The first-order valence-electron chi connectivity index (χ1n) is 13.6. The summed E-state index contributed by atoms with van der Waals surface area (Å²) in [5.74, 6) is 2.48. The van der Waals surface area contributed by atoms with Crippen molar-refractivity contribution in [3.63, 3.8) is 0 Å². The number of para-hydroxylation sites is 1. The van der Waals surface area contributed by atoms with Crippen molar-refractivity contribution in [2.45, 2.75) is 6.92 Å². The zero-order chi connectivity index (χ0) is 28.9. The Kier molecular flexibility index (Phi) is 8.30. The largest absolute Gasteiger partial charge is 0.497 e. The van der Waals surface area contributed by atoms with Gasteiger partial charge in [0.05, 0.1) is 25.6 Å². The third kappa shape index (κ3) is 6.22. The molecule has 0 spiro atoms. The number of likely N-dealkylation sites (N-methyl/N-ethyl adjacent to an activating group) is 1. The maximum atomic E-state index is 13.8. The van der Waals surface area contributed by atoms with Gasteiger partial charge < -0.3 is 29.9 Å². The highest BCUT2D eigenvalue weighted by Crippen LogP contribution is 2.34. The molecule has 2 N–H and O–H groups in total. The molecule has 0 aliphatic carbocycles. The summed E-state index contributed by atoms with van der Waals surface area (Å²) in [7, 11) is 7.20. The molecule has 214 valence electrons. The van der Waals surface area contributed by atoms with E-state index < -0.39 is 0 Å². The van der Waals surface area contributed by atoms with E-state index in [0.717, 1.165) is 48.8 Å². The fourth-order valence-electron chi connectivity index (χ4n) is 4.83. The molecule has 2 amide bonds. The Morgan fingerprint density at radius 3 is 2.29 bits per heavy atom. The Balaban J connectivity index is 1.46. The van der Waals surface area contributed by atoms with Crippen LogP contribution in [0.5, 0.6) is 11.5 Å². The lowest BCUT2D eigenvalue weighted by Gasteiger charge is -2.34. The van der Waals surface area contributed by atoms with E-state index in [-0.39, 0.29) is 6.03 Å². The number of hydrogen-bond acceptors (Lipinski definition) is 7. The second kappa shape index (κ2) is 12.2. The Labute approximate surface area is 241 Å². The van der Waals surface area contributed by atoms with Crippen LogP contribution in [0.25, 0.3) is 0 Å². The molecule has 1 fully saturated rings. The number of aromatic nitrogens is 2. The van der Waals surface area contributed by atoms with Crippen LogP contribution in [0, 0.1) is 6.92 Å². The molecular weight excluding hydrogens is 518 g/mol. The maximum absolute atomic E-state index is 13.8. The van der Waals surface area contributed by atoms with Gasteiger partial charge in [-0.1, -0.05) is 18.2 Å². The topological polar surface area (TPSA) is 87.1 Å². The molecule has 0 unspecified atom stereocenters. The third-order valence-corrected chi connectivity index (χ3v) is 7.33. The summed E-state index contributed by atoms with van der Waals surface area (Å²) in [5, 5.41) is 11.2. The zero-order valence-electron chi connectivity index (χ0n) is 24.2. The van der Waals surface area contributed by atoms with Crippen LogP contribution in [0.3, 0.4) is 0 Å². The van der Waals surface area contributed by atoms with Crippen molar-refractivity contribution >= 4 is 40.4 Å². The average molecular weight is 556 g/mol. The predicted octanol–water partition coefficient (Wildman–Crippen LogP) is 5.61. The monoisotopic (exact) mass is 555 g/mol. The standard InChI is InChI=1S/C31H37N7O3/c1-22-8-6-7-9-26(22)33-31(39)38(24-12-10-23(11-13-24)37-18-16-35(2)17-19-37)30-21-29(36(3)34-30)32-27-15-14-25(40-4)20-28(27)41-5/h6-15,20-21,32H,16-19H2,1-5H3,(H,33,39). The molecule has 0 radical (unpaired) electrons. The van der Waals surface area contributed by atoms with Gasteiger partial charge in [-0.05, 0) is 62.0 Å². The van der Waals surface area contributed by atoms with E-state index in [0.29, 0.717) is 28.8 Å². The number of methoxy groups -OCH3 is 2. The summed E-state index contributed by atoms with van der Waals surface area (Å²) >= 11 is 0. The van der Waals surface area contributed by atoms with Gasteiger partial charge in [0.15, 0.2) is 5.82 Å². The van der Waals surface area contributed by atoms with Crippen molar-refractivity contribution in [2.24, 2.45) is 7.05 Å². The van der Waals surface area contributed by atoms with Gasteiger partial charge in [-0.3, -0.25) is 4.68 Å². The SMILES string of the molecule is COc1ccc(Nc2cc(N(C(=O)Nc3ccccc3C)c3ccc(N4CCN(C)CC4)cc3)nn2C)c(OC)c1. The Morgan fingerprint density at radius 2 is 1.61 bits per heavy atom. The quantitative estimate of drug-likeness (QED) is 0.292. The minimum atomic E-state index is -0.307. The normalized spacial score (nSPS) is 13.5. The average Bonchev–Trinajstić information content (AvgIpc) is 3.34. The van der Waals surface area contributed by atoms with Crippen LogP contribution in [-0.4, -0.2) is 68.2 Å². The summed E-state index contributed by atoms with van der Waals surface area (Å²) in [6, 6.07) is 22.9. The predicted molar refractivity (Wildman–Crippen MR) is 165 cm³/mol. The molecule has 41 heavy (non-hydrogen) atoms. The van der Waals surface area contributed by atoms with Crippen molar-refractivity contribution < 1.29 is 14.3 Å². The Bertz CT molecular complexity index is 1490. The van der Waals surface area contributed by atoms with Crippen molar-refractivity contribution in [1.29, 1.82) is 0 Å². The number of piperazine rings is 1. The van der Waals surface area contributed by atoms with Gasteiger partial charge in [-0.2, -0.15) is 5.10 Å². The van der Waals surface area contributed by atoms with Crippen molar-refractivity contribution in [3.8, 4) is 11.5 Å². The van der Waals surface area contributed by atoms with Gasteiger partial charge in [0.25, 0.3) is 0 Å². The molecule has 1 aromatic heterocycles. The van der Waals surface area contributed by atoms with Crippen molar-refractivity contribution in [2.75, 3.05) is 67.9 Å². The molecule has 2 heterocycles. The molecule has 0 saturated carbocycles. The number of carbonyl (C=O) groups excluding carboxylic acids is 1. The number of carbonyl (C=O) groups is 1. The number of anilines is 6. The summed E-state index contributed by atoms with van der Waals surface area (Å²) in [4.78, 5) is 20.1. The first-order chi connectivity index (χ1) is 19.9. The molecule has 1 aliphatic rings. The number of ether oxygens (including phenoxy) is 2. The summed E-state index contributed by atoms with van der Waals surface area (Å²) in [5.41, 5.74) is 4.31. The highest BCUT2D eigenvalue weighted by molar-refractivity contribution is 6.07. The number of benzene rings is 3. The van der Waals surface area contributed by atoms with E-state index in [9.17, 15) is 4.79 Å². The van der Waals surface area contributed by atoms with Gasteiger partial charge in [-0.15, -0.1) is 0 Å². The number of rotatable bonds is 8. The molecule has 0 bridgehead atoms. The molecule has 10 nitrogen and oxygen atoms in total. The fraction of sp³-hybridized carbons (Fsp3) is 0.290. The lowest BCUT2D eigenvalue weighted by Crippen LogP contribution is -2.44. The zero-order valence-corrected chi connectivity index (χ0v) is 24.2. The van der Waals surface area contributed by atoms with E-state index >= 15 is 0 Å². The molecule has 1 aliphatic heterocycles. The highest BCUT2D eigenvalue weighted by atomic mass is 16.5. The summed E-state index contributed by atoms with van der Waals surface area (Å²) in [6.07, 6.45) is 0. The van der Waals surface area contributed by atoms with Crippen LogP contribution >= 0.6 is 0 Å².